The number of fused-ring (bicyclic) bond motifs is 1. The minimum absolute atomic E-state index is 0.374. The third-order valence-electron chi connectivity index (χ3n) is 5.18. The number of phenols is 1. The molecule has 2 heterocycles. The van der Waals surface area contributed by atoms with E-state index in [1.165, 1.54) is 24.8 Å². The maximum absolute atomic E-state index is 11.1. The quantitative estimate of drug-likeness (QED) is 0.603. The summed E-state index contributed by atoms with van der Waals surface area (Å²) in [6.45, 7) is 7.84. The lowest BCUT2D eigenvalue weighted by Crippen LogP contribution is -2.29. The van der Waals surface area contributed by atoms with E-state index in [0.717, 1.165) is 53.1 Å². The van der Waals surface area contributed by atoms with E-state index in [2.05, 4.69) is 29.7 Å². The molecule has 3 aromatic rings. The van der Waals surface area contributed by atoms with Crippen molar-refractivity contribution < 1.29 is 9.52 Å². The van der Waals surface area contributed by atoms with Crippen molar-refractivity contribution in [1.29, 1.82) is 0 Å². The Morgan fingerprint density at radius 2 is 1.92 bits per heavy atom. The van der Waals surface area contributed by atoms with Crippen molar-refractivity contribution in [3.8, 4) is 16.9 Å². The number of allylic oxidation sites excluding steroid dienone is 1. The molecular weight excluding hydrogens is 322 g/mol. The van der Waals surface area contributed by atoms with Crippen molar-refractivity contribution in [3.05, 3.63) is 60.4 Å². The maximum atomic E-state index is 11.1. The number of phenolic OH excluding ortho intramolecular Hbond substituents is 1. The van der Waals surface area contributed by atoms with Gasteiger partial charge >= 0.3 is 0 Å². The third kappa shape index (κ3) is 3.10. The molecule has 0 bridgehead atoms. The van der Waals surface area contributed by atoms with Gasteiger partial charge in [0.25, 0.3) is 0 Å². The Morgan fingerprint density at radius 3 is 2.69 bits per heavy atom. The molecule has 0 spiro atoms. The average Bonchev–Trinajstić information content (AvgIpc) is 3.03. The molecule has 0 saturated carbocycles. The smallest absolute Gasteiger partial charge is 0.146 e. The fourth-order valence-electron chi connectivity index (χ4n) is 3.90. The van der Waals surface area contributed by atoms with Crippen molar-refractivity contribution in [2.24, 2.45) is 0 Å². The molecule has 0 radical (unpaired) electrons. The first-order chi connectivity index (χ1) is 12.7. The van der Waals surface area contributed by atoms with Crippen LogP contribution in [0, 0.1) is 6.92 Å². The van der Waals surface area contributed by atoms with E-state index < -0.39 is 0 Å². The Hall–Kier alpha value is -2.68. The van der Waals surface area contributed by atoms with Gasteiger partial charge < -0.3 is 14.4 Å². The maximum Gasteiger partial charge on any atom is 0.146 e. The van der Waals surface area contributed by atoms with E-state index in [9.17, 15) is 5.11 Å². The van der Waals surface area contributed by atoms with E-state index in [1.54, 1.807) is 0 Å². The first kappa shape index (κ1) is 16.8. The molecule has 1 aliphatic rings. The monoisotopic (exact) mass is 347 g/mol. The Bertz CT molecular complexity index is 948. The lowest BCUT2D eigenvalue weighted by atomic mass is 9.97. The third-order valence-corrected chi connectivity index (χ3v) is 5.18. The standard InChI is InChI=1S/C23H25NO2/c1-3-7-17-13-20(18-8-9-22-19(15-18)12-16(2)26-22)23(25)21(14-17)24-10-5-4-6-11-24/h3,8-9,12-15,25H,1,4-7,10-11H2,2H3. The highest BCUT2D eigenvalue weighted by Crippen LogP contribution is 2.41. The molecule has 2 aromatic carbocycles. The number of nitrogens with zero attached hydrogens (tertiary/aromatic N) is 1. The summed E-state index contributed by atoms with van der Waals surface area (Å²) in [5, 5.41) is 12.1. The number of piperidine rings is 1. The molecule has 26 heavy (non-hydrogen) atoms. The first-order valence-electron chi connectivity index (χ1n) is 9.38. The highest BCUT2D eigenvalue weighted by atomic mass is 16.3. The summed E-state index contributed by atoms with van der Waals surface area (Å²) in [5.41, 5.74) is 4.90. The first-order valence-corrected chi connectivity index (χ1v) is 9.38. The van der Waals surface area contributed by atoms with Crippen LogP contribution in [0.3, 0.4) is 0 Å². The number of hydrogen-bond acceptors (Lipinski definition) is 3. The van der Waals surface area contributed by atoms with Gasteiger partial charge in [0.2, 0.25) is 0 Å². The molecule has 1 fully saturated rings. The second-order valence-electron chi connectivity index (χ2n) is 7.16. The summed E-state index contributed by atoms with van der Waals surface area (Å²) in [6.07, 6.45) is 6.34. The molecule has 0 aliphatic carbocycles. The number of hydrogen-bond donors (Lipinski definition) is 1. The molecule has 3 heteroatoms. The van der Waals surface area contributed by atoms with Crippen LogP contribution in [0.15, 0.2) is 53.5 Å². The lowest BCUT2D eigenvalue weighted by molar-refractivity contribution is 0.471. The zero-order valence-electron chi connectivity index (χ0n) is 15.3. The minimum atomic E-state index is 0.374. The second-order valence-corrected chi connectivity index (χ2v) is 7.16. The van der Waals surface area contributed by atoms with Crippen LogP contribution >= 0.6 is 0 Å². The Balaban J connectivity index is 1.84. The topological polar surface area (TPSA) is 36.6 Å². The SMILES string of the molecule is C=CCc1cc(-c2ccc3oc(C)cc3c2)c(O)c(N2CCCCC2)c1. The van der Waals surface area contributed by atoms with E-state index >= 15 is 0 Å². The number of furan rings is 1. The van der Waals surface area contributed by atoms with Gasteiger partial charge in [-0.15, -0.1) is 6.58 Å². The van der Waals surface area contributed by atoms with Crippen molar-refractivity contribution in [2.75, 3.05) is 18.0 Å². The highest BCUT2D eigenvalue weighted by Gasteiger charge is 2.19. The average molecular weight is 347 g/mol. The minimum Gasteiger partial charge on any atom is -0.505 e. The Kier molecular flexibility index (Phi) is 4.46. The van der Waals surface area contributed by atoms with Gasteiger partial charge in [-0.2, -0.15) is 0 Å². The number of rotatable bonds is 4. The van der Waals surface area contributed by atoms with Gasteiger partial charge in [0.15, 0.2) is 0 Å². The van der Waals surface area contributed by atoms with Crippen LogP contribution in [0.25, 0.3) is 22.1 Å². The van der Waals surface area contributed by atoms with Crippen LogP contribution in [0.5, 0.6) is 5.75 Å². The summed E-state index contributed by atoms with van der Waals surface area (Å²) in [5.74, 6) is 1.27. The van der Waals surface area contributed by atoms with Gasteiger partial charge in [-0.25, -0.2) is 0 Å². The zero-order valence-corrected chi connectivity index (χ0v) is 15.3. The molecule has 0 amide bonds. The summed E-state index contributed by atoms with van der Waals surface area (Å²) < 4.78 is 5.69. The molecule has 1 aliphatic heterocycles. The number of aryl methyl sites for hydroxylation is 1. The van der Waals surface area contributed by atoms with Crippen LogP contribution in [0.2, 0.25) is 0 Å². The van der Waals surface area contributed by atoms with E-state index in [0.29, 0.717) is 5.75 Å². The van der Waals surface area contributed by atoms with Gasteiger partial charge in [-0.3, -0.25) is 0 Å². The lowest BCUT2D eigenvalue weighted by Gasteiger charge is -2.30. The van der Waals surface area contributed by atoms with Gasteiger partial charge in [-0.05, 0) is 74.1 Å². The van der Waals surface area contributed by atoms with Gasteiger partial charge in [-0.1, -0.05) is 12.1 Å². The molecule has 1 N–H and O–H groups in total. The fraction of sp³-hybridized carbons (Fsp3) is 0.304. The summed E-state index contributed by atoms with van der Waals surface area (Å²) >= 11 is 0. The Labute approximate surface area is 154 Å². The van der Waals surface area contributed by atoms with Crippen molar-refractivity contribution in [1.82, 2.24) is 0 Å². The molecule has 134 valence electrons. The molecule has 0 atom stereocenters. The van der Waals surface area contributed by atoms with Crippen molar-refractivity contribution in [2.45, 2.75) is 32.6 Å². The van der Waals surface area contributed by atoms with Gasteiger partial charge in [0, 0.05) is 24.0 Å². The van der Waals surface area contributed by atoms with Crippen LogP contribution < -0.4 is 4.90 Å². The molecule has 0 unspecified atom stereocenters. The zero-order chi connectivity index (χ0) is 18.1. The summed E-state index contributed by atoms with van der Waals surface area (Å²) in [6, 6.07) is 12.3. The van der Waals surface area contributed by atoms with E-state index in [1.807, 2.05) is 31.2 Å². The summed E-state index contributed by atoms with van der Waals surface area (Å²) in [4.78, 5) is 2.31. The summed E-state index contributed by atoms with van der Waals surface area (Å²) in [7, 11) is 0. The van der Waals surface area contributed by atoms with Crippen LogP contribution in [-0.4, -0.2) is 18.2 Å². The Morgan fingerprint density at radius 1 is 1.12 bits per heavy atom. The molecule has 3 nitrogen and oxygen atoms in total. The van der Waals surface area contributed by atoms with Crippen LogP contribution in [0.4, 0.5) is 5.69 Å². The molecule has 1 aromatic heterocycles. The number of benzene rings is 2. The van der Waals surface area contributed by atoms with Crippen LogP contribution in [-0.2, 0) is 6.42 Å². The highest BCUT2D eigenvalue weighted by molar-refractivity contribution is 5.87. The molecule has 1 saturated heterocycles. The fourth-order valence-corrected chi connectivity index (χ4v) is 3.90. The van der Waals surface area contributed by atoms with E-state index in [-0.39, 0.29) is 0 Å². The van der Waals surface area contributed by atoms with Gasteiger partial charge in [0.1, 0.15) is 17.1 Å². The molecular formula is C23H25NO2. The predicted molar refractivity (Wildman–Crippen MR) is 108 cm³/mol. The number of aromatic hydroxyl groups is 1. The van der Waals surface area contributed by atoms with Crippen LogP contribution in [0.1, 0.15) is 30.6 Å². The normalized spacial score (nSPS) is 14.7. The second kappa shape index (κ2) is 6.91. The van der Waals surface area contributed by atoms with Crippen molar-refractivity contribution in [3.63, 3.8) is 0 Å². The number of anilines is 1. The van der Waals surface area contributed by atoms with E-state index in [4.69, 9.17) is 4.42 Å². The molecule has 4 rings (SSSR count). The van der Waals surface area contributed by atoms with Crippen molar-refractivity contribution >= 4 is 16.7 Å². The predicted octanol–water partition coefficient (Wildman–Crippen LogP) is 5.83. The largest absolute Gasteiger partial charge is 0.505 e. The van der Waals surface area contributed by atoms with Gasteiger partial charge in [0.05, 0.1) is 5.69 Å².